The Kier molecular flexibility index (Phi) is 6.08. The lowest BCUT2D eigenvalue weighted by molar-refractivity contribution is 0.396. The van der Waals surface area contributed by atoms with Crippen molar-refractivity contribution in [3.63, 3.8) is 0 Å². The molecule has 1 saturated heterocycles. The number of methoxy groups -OCH3 is 1. The number of pyridine rings is 1. The highest BCUT2D eigenvalue weighted by Crippen LogP contribution is 2.37. The molecule has 9 heteroatoms. The van der Waals surface area contributed by atoms with Crippen LogP contribution in [0.1, 0.15) is 60.7 Å². The van der Waals surface area contributed by atoms with Crippen molar-refractivity contribution in [1.29, 1.82) is 5.26 Å². The summed E-state index contributed by atoms with van der Waals surface area (Å²) in [4.78, 5) is 16.4. The van der Waals surface area contributed by atoms with E-state index in [0.29, 0.717) is 23.0 Å². The number of fused-ring (bicyclic) bond motifs is 1. The van der Waals surface area contributed by atoms with Crippen LogP contribution in [0.4, 0.5) is 5.69 Å². The number of aryl methyl sites for hydroxylation is 2. The van der Waals surface area contributed by atoms with Crippen LogP contribution in [0, 0.1) is 18.3 Å². The Hall–Kier alpha value is -4.19. The van der Waals surface area contributed by atoms with E-state index >= 15 is 0 Å². The third-order valence-corrected chi connectivity index (χ3v) is 7.38. The van der Waals surface area contributed by atoms with E-state index in [0.717, 1.165) is 55.2 Å². The molecule has 1 unspecified atom stereocenters. The smallest absolute Gasteiger partial charge is 0.238 e. The Bertz CT molecular complexity index is 1470. The molecule has 1 atom stereocenters. The van der Waals surface area contributed by atoms with Gasteiger partial charge in [0.2, 0.25) is 5.88 Å². The Morgan fingerprint density at radius 2 is 1.89 bits per heavy atom. The molecule has 5 heterocycles. The van der Waals surface area contributed by atoms with Crippen LogP contribution in [0.25, 0.3) is 17.2 Å². The zero-order valence-corrected chi connectivity index (χ0v) is 21.3. The largest absolute Gasteiger partial charge is 0.479 e. The zero-order valence-electron chi connectivity index (χ0n) is 21.3. The Balaban J connectivity index is 1.36. The van der Waals surface area contributed by atoms with E-state index in [4.69, 9.17) is 19.8 Å². The van der Waals surface area contributed by atoms with Crippen LogP contribution in [0.5, 0.6) is 5.88 Å². The third kappa shape index (κ3) is 4.33. The van der Waals surface area contributed by atoms with Crippen molar-refractivity contribution in [2.45, 2.75) is 51.5 Å². The van der Waals surface area contributed by atoms with Gasteiger partial charge in [0, 0.05) is 37.4 Å². The van der Waals surface area contributed by atoms with Gasteiger partial charge < -0.3 is 14.2 Å². The van der Waals surface area contributed by atoms with Crippen LogP contribution in [-0.2, 0) is 6.54 Å². The van der Waals surface area contributed by atoms with Crippen LogP contribution in [0.2, 0.25) is 0 Å². The van der Waals surface area contributed by atoms with Crippen molar-refractivity contribution in [3.05, 3.63) is 65.5 Å². The summed E-state index contributed by atoms with van der Waals surface area (Å²) in [6, 6.07) is 12.6. The number of anilines is 1. The fraction of sp³-hybridized carbons (Fsp3) is 0.393. The van der Waals surface area contributed by atoms with E-state index < -0.39 is 0 Å². The van der Waals surface area contributed by atoms with Gasteiger partial charge in [0.15, 0.2) is 5.82 Å². The van der Waals surface area contributed by atoms with Crippen LogP contribution in [-0.4, -0.2) is 49.5 Å². The molecule has 0 N–H and O–H groups in total. The first-order chi connectivity index (χ1) is 18.1. The average molecular weight is 495 g/mol. The molecule has 1 aromatic carbocycles. The molecule has 3 aromatic heterocycles. The van der Waals surface area contributed by atoms with E-state index in [-0.39, 0.29) is 5.92 Å². The van der Waals surface area contributed by atoms with Crippen LogP contribution >= 0.6 is 0 Å². The lowest BCUT2D eigenvalue weighted by Crippen LogP contribution is -2.29. The summed E-state index contributed by atoms with van der Waals surface area (Å²) in [7, 11) is 1.61. The molecule has 6 rings (SSSR count). The monoisotopic (exact) mass is 494 g/mol. The minimum atomic E-state index is 0.0180. The highest BCUT2D eigenvalue weighted by atomic mass is 16.5. The van der Waals surface area contributed by atoms with E-state index in [1.165, 1.54) is 24.9 Å². The number of aromatic nitrogens is 6. The van der Waals surface area contributed by atoms with Gasteiger partial charge in [-0.2, -0.15) is 5.26 Å². The van der Waals surface area contributed by atoms with Gasteiger partial charge in [0.1, 0.15) is 17.2 Å². The lowest BCUT2D eigenvalue weighted by Gasteiger charge is -2.30. The molecule has 2 aliphatic rings. The molecule has 0 amide bonds. The third-order valence-electron chi connectivity index (χ3n) is 7.38. The van der Waals surface area contributed by atoms with Crippen molar-refractivity contribution >= 4 is 5.69 Å². The Morgan fingerprint density at radius 1 is 1.03 bits per heavy atom. The fourth-order valence-electron chi connectivity index (χ4n) is 5.50. The van der Waals surface area contributed by atoms with E-state index in [9.17, 15) is 5.26 Å². The van der Waals surface area contributed by atoms with E-state index in [1.807, 2.05) is 40.6 Å². The lowest BCUT2D eigenvalue weighted by atomic mass is 9.87. The molecule has 9 nitrogen and oxygen atoms in total. The number of hydrogen-bond donors (Lipinski definition) is 0. The van der Waals surface area contributed by atoms with Crippen LogP contribution in [0.3, 0.4) is 0 Å². The van der Waals surface area contributed by atoms with Gasteiger partial charge >= 0.3 is 0 Å². The number of nitrogens with zero attached hydrogens (tertiary/aromatic N) is 8. The summed E-state index contributed by atoms with van der Waals surface area (Å²) < 4.78 is 9.48. The summed E-state index contributed by atoms with van der Waals surface area (Å²) >= 11 is 0. The first-order valence-corrected chi connectivity index (χ1v) is 12.9. The SMILES string of the molecule is COc1nc(-c2nc3n(n2)CCCC3c2cc(N3CCCCC3)ccc2C#N)ccc1-n1cnc(C)c1. The average Bonchev–Trinajstić information content (AvgIpc) is 3.59. The maximum Gasteiger partial charge on any atom is 0.238 e. The quantitative estimate of drug-likeness (QED) is 0.399. The zero-order chi connectivity index (χ0) is 25.4. The fourth-order valence-corrected chi connectivity index (χ4v) is 5.50. The Morgan fingerprint density at radius 3 is 2.65 bits per heavy atom. The van der Waals surface area contributed by atoms with Crippen molar-refractivity contribution in [2.24, 2.45) is 0 Å². The summed E-state index contributed by atoms with van der Waals surface area (Å²) in [6.07, 6.45) is 9.31. The molecule has 4 aromatic rings. The number of piperidine rings is 1. The molecular weight excluding hydrogens is 464 g/mol. The second-order valence-electron chi connectivity index (χ2n) is 9.79. The molecular formula is C28H30N8O. The number of imidazole rings is 1. The minimum absolute atomic E-state index is 0.0180. The summed E-state index contributed by atoms with van der Waals surface area (Å²) in [6.45, 7) is 4.88. The van der Waals surface area contributed by atoms with Gasteiger partial charge in [-0.15, -0.1) is 5.10 Å². The molecule has 0 radical (unpaired) electrons. The minimum Gasteiger partial charge on any atom is -0.479 e. The highest BCUT2D eigenvalue weighted by molar-refractivity contribution is 5.58. The summed E-state index contributed by atoms with van der Waals surface area (Å²) in [5.74, 6) is 1.97. The second kappa shape index (κ2) is 9.69. The Labute approximate surface area is 216 Å². The maximum absolute atomic E-state index is 9.92. The molecule has 37 heavy (non-hydrogen) atoms. The van der Waals surface area contributed by atoms with E-state index in [2.05, 4.69) is 28.1 Å². The standard InChI is InChI=1S/C28H30N8O/c1-19-17-35(18-30-19)25-11-10-24(31-28(25)37-2)26-32-27-22(7-6-14-36(27)33-26)23-15-21(9-8-20(23)16-29)34-12-4-3-5-13-34/h8-11,15,17-18,22H,3-7,12-14H2,1-2H3. The molecule has 0 bridgehead atoms. The number of ether oxygens (including phenoxy) is 1. The van der Waals surface area contributed by atoms with Crippen LogP contribution in [0.15, 0.2) is 42.9 Å². The van der Waals surface area contributed by atoms with Gasteiger partial charge in [-0.25, -0.2) is 19.6 Å². The van der Waals surface area contributed by atoms with Crippen molar-refractivity contribution < 1.29 is 4.74 Å². The first-order valence-electron chi connectivity index (χ1n) is 12.9. The molecule has 2 aliphatic heterocycles. The van der Waals surface area contributed by atoms with Gasteiger partial charge in [-0.1, -0.05) is 0 Å². The van der Waals surface area contributed by atoms with Crippen LogP contribution < -0.4 is 9.64 Å². The molecule has 188 valence electrons. The molecule has 1 fully saturated rings. The molecule has 0 saturated carbocycles. The molecule has 0 spiro atoms. The predicted molar refractivity (Wildman–Crippen MR) is 140 cm³/mol. The second-order valence-corrected chi connectivity index (χ2v) is 9.79. The van der Waals surface area contributed by atoms with Gasteiger partial charge in [-0.05, 0) is 74.9 Å². The van der Waals surface area contributed by atoms with Gasteiger partial charge in [0.05, 0.1) is 30.8 Å². The highest BCUT2D eigenvalue weighted by Gasteiger charge is 2.29. The topological polar surface area (TPSA) is 97.7 Å². The van der Waals surface area contributed by atoms with Crippen molar-refractivity contribution in [1.82, 2.24) is 29.3 Å². The number of nitriles is 1. The first kappa shape index (κ1) is 23.2. The number of hydrogen-bond acceptors (Lipinski definition) is 7. The summed E-state index contributed by atoms with van der Waals surface area (Å²) in [5.41, 5.74) is 5.33. The van der Waals surface area contributed by atoms with Crippen molar-refractivity contribution in [2.75, 3.05) is 25.1 Å². The molecule has 0 aliphatic carbocycles. The normalized spacial score (nSPS) is 17.3. The maximum atomic E-state index is 9.92. The van der Waals surface area contributed by atoms with Crippen molar-refractivity contribution in [3.8, 4) is 29.2 Å². The predicted octanol–water partition coefficient (Wildman–Crippen LogP) is 4.63. The summed E-state index contributed by atoms with van der Waals surface area (Å²) in [5, 5.41) is 14.7. The number of rotatable bonds is 5. The van der Waals surface area contributed by atoms with Gasteiger partial charge in [-0.3, -0.25) is 0 Å². The van der Waals surface area contributed by atoms with E-state index in [1.54, 1.807) is 13.4 Å². The van der Waals surface area contributed by atoms with Gasteiger partial charge in [0.25, 0.3) is 0 Å². The number of benzene rings is 1.